The Bertz CT molecular complexity index is 892. The van der Waals surface area contributed by atoms with Crippen molar-refractivity contribution in [2.45, 2.75) is 19.9 Å². The molecule has 3 rings (SSSR count). The number of carbonyl (C=O) groups is 1. The minimum atomic E-state index is -0.0556. The van der Waals surface area contributed by atoms with Crippen molar-refractivity contribution in [3.05, 3.63) is 52.0 Å². The van der Waals surface area contributed by atoms with Gasteiger partial charge in [-0.1, -0.05) is 28.1 Å². The van der Waals surface area contributed by atoms with Crippen LogP contribution in [0.3, 0.4) is 0 Å². The summed E-state index contributed by atoms with van der Waals surface area (Å²) in [6.45, 7) is 3.28. The molecule has 3 N–H and O–H groups in total. The van der Waals surface area contributed by atoms with Gasteiger partial charge >= 0.3 is 0 Å². The number of hydrogen-bond donors (Lipinski definition) is 3. The minimum absolute atomic E-state index is 0. The zero-order valence-corrected chi connectivity index (χ0v) is 20.2. The number of nitrogens with zero attached hydrogens (tertiary/aromatic N) is 1. The minimum Gasteiger partial charge on any atom is -0.454 e. The van der Waals surface area contributed by atoms with Gasteiger partial charge in [0.2, 0.25) is 12.7 Å². The maximum atomic E-state index is 12.2. The third-order valence-corrected chi connectivity index (χ3v) is 4.73. The average Bonchev–Trinajstić information content (AvgIpc) is 3.15. The van der Waals surface area contributed by atoms with Crippen LogP contribution in [0.2, 0.25) is 0 Å². The van der Waals surface area contributed by atoms with E-state index in [0.717, 1.165) is 32.8 Å². The summed E-state index contributed by atoms with van der Waals surface area (Å²) in [4.78, 5) is 16.4. The van der Waals surface area contributed by atoms with Crippen LogP contribution in [0.4, 0.5) is 5.69 Å². The number of nitrogens with one attached hydrogen (secondary N) is 3. The fourth-order valence-electron chi connectivity index (χ4n) is 2.69. The highest BCUT2D eigenvalue weighted by atomic mass is 127. The number of rotatable bonds is 6. The molecule has 0 fully saturated rings. The fourth-order valence-corrected chi connectivity index (χ4v) is 3.05. The maximum Gasteiger partial charge on any atom is 0.231 e. The van der Waals surface area contributed by atoms with Gasteiger partial charge in [-0.25, -0.2) is 0 Å². The van der Waals surface area contributed by atoms with Crippen LogP contribution in [0.25, 0.3) is 0 Å². The Morgan fingerprint density at radius 2 is 1.93 bits per heavy atom. The Labute approximate surface area is 195 Å². The molecule has 1 aliphatic heterocycles. The topological polar surface area (TPSA) is 84.0 Å². The number of aryl methyl sites for hydroxylation is 1. The number of hydrogen-bond acceptors (Lipinski definition) is 4. The van der Waals surface area contributed by atoms with Crippen LogP contribution < -0.4 is 25.4 Å². The lowest BCUT2D eigenvalue weighted by atomic mass is 10.2. The number of carbonyl (C=O) groups excluding carboxylic acids is 1. The van der Waals surface area contributed by atoms with Crippen molar-refractivity contribution in [2.75, 3.05) is 25.7 Å². The van der Waals surface area contributed by atoms with E-state index in [2.05, 4.69) is 36.9 Å². The first-order valence-electron chi connectivity index (χ1n) is 8.94. The molecule has 9 heteroatoms. The van der Waals surface area contributed by atoms with Crippen molar-refractivity contribution >= 4 is 57.5 Å². The van der Waals surface area contributed by atoms with Gasteiger partial charge < -0.3 is 25.4 Å². The molecule has 0 aromatic heterocycles. The number of amides is 1. The van der Waals surface area contributed by atoms with Crippen molar-refractivity contribution in [1.82, 2.24) is 10.6 Å². The van der Waals surface area contributed by atoms with Gasteiger partial charge in [0.05, 0.1) is 0 Å². The molecular weight excluding hydrogens is 551 g/mol. The first-order valence-corrected chi connectivity index (χ1v) is 9.73. The van der Waals surface area contributed by atoms with Gasteiger partial charge in [0, 0.05) is 36.7 Å². The Hall–Kier alpha value is -2.01. The van der Waals surface area contributed by atoms with E-state index in [-0.39, 0.29) is 36.7 Å². The monoisotopic (exact) mass is 574 g/mol. The van der Waals surface area contributed by atoms with Gasteiger partial charge in [-0.15, -0.1) is 24.0 Å². The highest BCUT2D eigenvalue weighted by molar-refractivity contribution is 14.0. The van der Waals surface area contributed by atoms with Gasteiger partial charge in [-0.05, 0) is 42.3 Å². The molecule has 1 amide bonds. The summed E-state index contributed by atoms with van der Waals surface area (Å²) < 4.78 is 11.6. The Morgan fingerprint density at radius 1 is 1.14 bits per heavy atom. The number of guanidine groups is 1. The summed E-state index contributed by atoms with van der Waals surface area (Å²) in [5, 5.41) is 9.30. The zero-order chi connectivity index (χ0) is 19.9. The lowest BCUT2D eigenvalue weighted by Crippen LogP contribution is -2.38. The molecule has 0 radical (unpaired) electrons. The molecule has 0 unspecified atom stereocenters. The lowest BCUT2D eigenvalue weighted by Gasteiger charge is -2.13. The van der Waals surface area contributed by atoms with Crippen LogP contribution >= 0.6 is 39.9 Å². The van der Waals surface area contributed by atoms with E-state index in [9.17, 15) is 4.79 Å². The van der Waals surface area contributed by atoms with Gasteiger partial charge in [0.1, 0.15) is 0 Å². The molecule has 0 atom stereocenters. The quantitative estimate of drug-likeness (QED) is 0.278. The van der Waals surface area contributed by atoms with Crippen LogP contribution in [-0.2, 0) is 11.3 Å². The van der Waals surface area contributed by atoms with Crippen LogP contribution in [-0.4, -0.2) is 32.3 Å². The van der Waals surface area contributed by atoms with E-state index in [1.165, 1.54) is 0 Å². The second-order valence-electron chi connectivity index (χ2n) is 6.30. The summed E-state index contributed by atoms with van der Waals surface area (Å²) in [6.07, 6.45) is 0.330. The summed E-state index contributed by atoms with van der Waals surface area (Å²) >= 11 is 3.42. The van der Waals surface area contributed by atoms with Crippen LogP contribution in [0, 0.1) is 6.92 Å². The molecule has 29 heavy (non-hydrogen) atoms. The summed E-state index contributed by atoms with van der Waals surface area (Å²) in [6, 6.07) is 11.6. The normalized spacial score (nSPS) is 12.2. The largest absolute Gasteiger partial charge is 0.454 e. The molecule has 1 heterocycles. The molecule has 1 aliphatic rings. The number of ether oxygens (including phenoxy) is 2. The SMILES string of the molecule is CN=C(NCCC(=O)Nc1cc(Br)ccc1C)NCc1ccc2c(c1)OCO2.I. The highest BCUT2D eigenvalue weighted by Crippen LogP contribution is 2.32. The Morgan fingerprint density at radius 3 is 2.72 bits per heavy atom. The maximum absolute atomic E-state index is 12.2. The summed E-state index contributed by atoms with van der Waals surface area (Å²) in [5.74, 6) is 2.09. The van der Waals surface area contributed by atoms with Crippen LogP contribution in [0.1, 0.15) is 17.5 Å². The van der Waals surface area contributed by atoms with E-state index in [1.54, 1.807) is 7.05 Å². The van der Waals surface area contributed by atoms with E-state index in [4.69, 9.17) is 9.47 Å². The standard InChI is InChI=1S/C20H23BrN4O3.HI/c1-13-3-5-15(21)10-16(13)25-19(26)7-8-23-20(22-2)24-11-14-4-6-17-18(9-14)28-12-27-17;/h3-6,9-10H,7-8,11-12H2,1-2H3,(H,25,26)(H2,22,23,24);1H. The first kappa shape index (κ1) is 23.3. The predicted octanol–water partition coefficient (Wildman–Crippen LogP) is 3.80. The lowest BCUT2D eigenvalue weighted by molar-refractivity contribution is -0.116. The third kappa shape index (κ3) is 6.77. The van der Waals surface area contributed by atoms with Crippen molar-refractivity contribution in [2.24, 2.45) is 4.99 Å². The van der Waals surface area contributed by atoms with Crippen LogP contribution in [0.5, 0.6) is 11.5 Å². The van der Waals surface area contributed by atoms with E-state index < -0.39 is 0 Å². The first-order chi connectivity index (χ1) is 13.5. The van der Waals surface area contributed by atoms with Crippen molar-refractivity contribution in [1.29, 1.82) is 0 Å². The van der Waals surface area contributed by atoms with E-state index >= 15 is 0 Å². The molecular formula is C20H24BrIN4O3. The van der Waals surface area contributed by atoms with Crippen LogP contribution in [0.15, 0.2) is 45.9 Å². The predicted molar refractivity (Wildman–Crippen MR) is 128 cm³/mol. The summed E-state index contributed by atoms with van der Waals surface area (Å²) in [5.41, 5.74) is 2.88. The average molecular weight is 575 g/mol. The van der Waals surface area contributed by atoms with Crippen molar-refractivity contribution in [3.63, 3.8) is 0 Å². The molecule has 0 bridgehead atoms. The highest BCUT2D eigenvalue weighted by Gasteiger charge is 2.13. The van der Waals surface area contributed by atoms with Gasteiger partial charge in [-0.2, -0.15) is 0 Å². The summed E-state index contributed by atoms with van der Waals surface area (Å²) in [7, 11) is 1.69. The Kier molecular flexibility index (Phi) is 9.02. The zero-order valence-electron chi connectivity index (χ0n) is 16.3. The van der Waals surface area contributed by atoms with Crippen molar-refractivity contribution < 1.29 is 14.3 Å². The number of fused-ring (bicyclic) bond motifs is 1. The van der Waals surface area contributed by atoms with Gasteiger partial charge in [-0.3, -0.25) is 9.79 Å². The number of halogens is 2. The molecule has 156 valence electrons. The molecule has 0 saturated carbocycles. The van der Waals surface area contributed by atoms with E-state index in [1.807, 2.05) is 43.3 Å². The molecule has 0 aliphatic carbocycles. The second kappa shape index (κ2) is 11.2. The third-order valence-electron chi connectivity index (χ3n) is 4.24. The second-order valence-corrected chi connectivity index (χ2v) is 7.21. The molecule has 2 aromatic carbocycles. The number of benzene rings is 2. The Balaban J connectivity index is 0.00000300. The fraction of sp³-hybridized carbons (Fsp3) is 0.300. The molecule has 7 nitrogen and oxygen atoms in total. The van der Waals surface area contributed by atoms with Gasteiger partial charge in [0.25, 0.3) is 0 Å². The molecule has 2 aromatic rings. The number of anilines is 1. The number of aliphatic imine (C=N–C) groups is 1. The van der Waals surface area contributed by atoms with E-state index in [0.29, 0.717) is 25.5 Å². The molecule has 0 spiro atoms. The molecule has 0 saturated heterocycles. The van der Waals surface area contributed by atoms with Crippen molar-refractivity contribution in [3.8, 4) is 11.5 Å². The smallest absolute Gasteiger partial charge is 0.231 e. The van der Waals surface area contributed by atoms with Gasteiger partial charge in [0.15, 0.2) is 17.5 Å².